The normalized spacial score (nSPS) is 15.2. The van der Waals surface area contributed by atoms with Gasteiger partial charge in [0, 0.05) is 41.6 Å². The van der Waals surface area contributed by atoms with E-state index in [9.17, 15) is 9.00 Å². The van der Waals surface area contributed by atoms with Crippen molar-refractivity contribution in [3.05, 3.63) is 41.5 Å². The van der Waals surface area contributed by atoms with Crippen molar-refractivity contribution >= 4 is 50.0 Å². The fourth-order valence-electron chi connectivity index (χ4n) is 2.88. The van der Waals surface area contributed by atoms with Crippen LogP contribution in [0.15, 0.2) is 36.0 Å². The van der Waals surface area contributed by atoms with Gasteiger partial charge in [-0.1, -0.05) is 0 Å². The fraction of sp³-hybridized carbons (Fsp3) is 0.294. The van der Waals surface area contributed by atoms with Crippen LogP contribution in [0.4, 0.5) is 10.8 Å². The van der Waals surface area contributed by atoms with Crippen molar-refractivity contribution in [2.75, 3.05) is 16.3 Å². The molecule has 1 saturated carbocycles. The molecule has 3 aromatic rings. The number of nitrogens with one attached hydrogen (secondary N) is 2. The number of carbonyl (C=O) groups excluding carboxylic acids is 1. The molecule has 0 aliphatic heterocycles. The lowest BCUT2D eigenvalue weighted by atomic mass is 10.1. The Balaban J connectivity index is 1.72. The number of fused-ring (bicyclic) bond motifs is 1. The van der Waals surface area contributed by atoms with Gasteiger partial charge in [0.25, 0.3) is 5.91 Å². The third-order valence-electron chi connectivity index (χ3n) is 4.19. The Kier molecular flexibility index (Phi) is 4.30. The van der Waals surface area contributed by atoms with E-state index >= 15 is 0 Å². The molecule has 1 unspecified atom stereocenters. The highest BCUT2D eigenvalue weighted by atomic mass is 32.2. The number of anilines is 2. The smallest absolute Gasteiger partial charge is 0.259 e. The van der Waals surface area contributed by atoms with Crippen LogP contribution in [0.25, 0.3) is 10.9 Å². The summed E-state index contributed by atoms with van der Waals surface area (Å²) in [7, 11) is -1.13. The van der Waals surface area contributed by atoms with E-state index in [2.05, 4.69) is 19.6 Å². The number of hydrogen-bond acceptors (Lipinski definition) is 4. The summed E-state index contributed by atoms with van der Waals surface area (Å²) in [6, 6.07) is 5.72. The first-order valence-corrected chi connectivity index (χ1v) is 10.5. The van der Waals surface area contributed by atoms with E-state index in [4.69, 9.17) is 0 Å². The molecule has 1 atom stereocenters. The minimum absolute atomic E-state index is 0.158. The lowest BCUT2D eigenvalue weighted by Gasteiger charge is -2.06. The molecule has 6 nitrogen and oxygen atoms in total. The van der Waals surface area contributed by atoms with E-state index in [-0.39, 0.29) is 5.91 Å². The molecule has 1 aliphatic rings. The van der Waals surface area contributed by atoms with Crippen LogP contribution in [0.1, 0.15) is 23.2 Å². The van der Waals surface area contributed by atoms with Gasteiger partial charge in [0.15, 0.2) is 5.13 Å². The summed E-state index contributed by atoms with van der Waals surface area (Å²) in [6.07, 6.45) is 7.65. The lowest BCUT2D eigenvalue weighted by Crippen LogP contribution is -2.11. The summed E-state index contributed by atoms with van der Waals surface area (Å²) in [4.78, 5) is 16.8. The summed E-state index contributed by atoms with van der Waals surface area (Å²) in [5.74, 6) is 0.525. The first kappa shape index (κ1) is 16.3. The minimum atomic E-state index is -1.13. The Labute approximate surface area is 151 Å². The molecule has 2 heterocycles. The third-order valence-corrected chi connectivity index (χ3v) is 5.40. The zero-order chi connectivity index (χ0) is 17.4. The predicted octanol–water partition coefficient (Wildman–Crippen LogP) is 3.47. The Bertz CT molecular complexity index is 945. The fourth-order valence-corrected chi connectivity index (χ4v) is 3.86. The number of aromatic nitrogens is 2. The van der Waals surface area contributed by atoms with Gasteiger partial charge < -0.3 is 9.29 Å². The Morgan fingerprint density at radius 3 is 2.96 bits per heavy atom. The summed E-state index contributed by atoms with van der Waals surface area (Å²) in [5, 5.41) is 6.16. The van der Waals surface area contributed by atoms with Gasteiger partial charge in [-0.25, -0.2) is 9.19 Å². The molecule has 0 bridgehead atoms. The monoisotopic (exact) mass is 374 g/mol. The van der Waals surface area contributed by atoms with Crippen LogP contribution in [-0.2, 0) is 17.5 Å². The van der Waals surface area contributed by atoms with Crippen molar-refractivity contribution in [3.63, 3.8) is 0 Å². The SMILES string of the molecule is CS(=O)Nc1ccc2c(C(=O)Nc3nccs3)cn(CC3CC3)c2c1. The van der Waals surface area contributed by atoms with Crippen LogP contribution in [0.2, 0.25) is 0 Å². The third kappa shape index (κ3) is 3.59. The second-order valence-electron chi connectivity index (χ2n) is 6.22. The van der Waals surface area contributed by atoms with E-state index in [1.54, 1.807) is 12.5 Å². The van der Waals surface area contributed by atoms with E-state index in [0.717, 1.165) is 23.1 Å². The molecule has 0 spiro atoms. The number of nitrogens with zero attached hydrogens (tertiary/aromatic N) is 2. The number of benzene rings is 1. The first-order chi connectivity index (χ1) is 12.1. The molecule has 25 heavy (non-hydrogen) atoms. The maximum absolute atomic E-state index is 12.7. The van der Waals surface area contributed by atoms with Crippen LogP contribution >= 0.6 is 11.3 Å². The molecule has 1 fully saturated rings. The van der Waals surface area contributed by atoms with E-state index < -0.39 is 11.0 Å². The number of hydrogen-bond donors (Lipinski definition) is 2. The maximum Gasteiger partial charge on any atom is 0.259 e. The Hall–Kier alpha value is -2.19. The summed E-state index contributed by atoms with van der Waals surface area (Å²) < 4.78 is 16.5. The van der Waals surface area contributed by atoms with Gasteiger partial charge in [0.2, 0.25) is 0 Å². The maximum atomic E-state index is 12.7. The molecular weight excluding hydrogens is 356 g/mol. The Morgan fingerprint density at radius 1 is 1.44 bits per heavy atom. The van der Waals surface area contributed by atoms with Crippen molar-refractivity contribution in [2.24, 2.45) is 5.92 Å². The zero-order valence-corrected chi connectivity index (χ0v) is 15.3. The molecule has 1 amide bonds. The van der Waals surface area contributed by atoms with E-state index in [1.807, 2.05) is 29.8 Å². The van der Waals surface area contributed by atoms with Gasteiger partial charge in [-0.2, -0.15) is 0 Å². The van der Waals surface area contributed by atoms with Gasteiger partial charge in [0.1, 0.15) is 11.0 Å². The number of amides is 1. The standard InChI is InChI=1S/C17H18N4O2S2/c1-25(23)20-12-4-5-13-14(16(22)19-17-18-6-7-24-17)10-21(15(13)8-12)9-11-2-3-11/h4-8,10-11,20H,2-3,9H2,1H3,(H,18,19,22). The second kappa shape index (κ2) is 6.61. The molecule has 8 heteroatoms. The Morgan fingerprint density at radius 2 is 2.28 bits per heavy atom. The lowest BCUT2D eigenvalue weighted by molar-refractivity contribution is 0.102. The average Bonchev–Trinajstić information content (AvgIpc) is 3.10. The van der Waals surface area contributed by atoms with Gasteiger partial charge in [-0.05, 0) is 37.0 Å². The van der Waals surface area contributed by atoms with Crippen molar-refractivity contribution in [1.29, 1.82) is 0 Å². The van der Waals surface area contributed by atoms with Gasteiger partial charge >= 0.3 is 0 Å². The molecule has 1 aromatic carbocycles. The van der Waals surface area contributed by atoms with Crippen molar-refractivity contribution < 1.29 is 9.00 Å². The van der Waals surface area contributed by atoms with Crippen LogP contribution in [-0.4, -0.2) is 25.9 Å². The van der Waals surface area contributed by atoms with Crippen molar-refractivity contribution in [1.82, 2.24) is 9.55 Å². The molecule has 2 N–H and O–H groups in total. The molecular formula is C17H18N4O2S2. The van der Waals surface area contributed by atoms with Crippen LogP contribution < -0.4 is 10.0 Å². The minimum Gasteiger partial charge on any atom is -0.346 e. The highest BCUT2D eigenvalue weighted by Gasteiger charge is 2.24. The number of rotatable bonds is 6. The van der Waals surface area contributed by atoms with Crippen LogP contribution in [0.3, 0.4) is 0 Å². The van der Waals surface area contributed by atoms with Gasteiger partial charge in [-0.3, -0.25) is 10.1 Å². The zero-order valence-electron chi connectivity index (χ0n) is 13.7. The largest absolute Gasteiger partial charge is 0.346 e. The van der Waals surface area contributed by atoms with Gasteiger partial charge in [0.05, 0.1) is 11.1 Å². The van der Waals surface area contributed by atoms with Crippen molar-refractivity contribution in [2.45, 2.75) is 19.4 Å². The first-order valence-electron chi connectivity index (χ1n) is 8.04. The molecule has 0 saturated heterocycles. The topological polar surface area (TPSA) is 76.0 Å². The highest BCUT2D eigenvalue weighted by Crippen LogP contribution is 2.34. The highest BCUT2D eigenvalue weighted by molar-refractivity contribution is 7.85. The molecule has 2 aromatic heterocycles. The van der Waals surface area contributed by atoms with Crippen LogP contribution in [0.5, 0.6) is 0 Å². The average molecular weight is 374 g/mol. The summed E-state index contributed by atoms with van der Waals surface area (Å²) in [6.45, 7) is 0.902. The predicted molar refractivity (Wildman–Crippen MR) is 102 cm³/mol. The number of thiazole rings is 1. The van der Waals surface area contributed by atoms with E-state index in [1.165, 1.54) is 24.2 Å². The summed E-state index contributed by atoms with van der Waals surface area (Å²) in [5.41, 5.74) is 2.40. The molecule has 1 aliphatic carbocycles. The van der Waals surface area contributed by atoms with Crippen molar-refractivity contribution in [3.8, 4) is 0 Å². The van der Waals surface area contributed by atoms with Gasteiger partial charge in [-0.15, -0.1) is 11.3 Å². The molecule has 130 valence electrons. The number of carbonyl (C=O) groups is 1. The quantitative estimate of drug-likeness (QED) is 0.694. The second-order valence-corrected chi connectivity index (χ2v) is 8.22. The molecule has 4 rings (SSSR count). The molecule has 0 radical (unpaired) electrons. The van der Waals surface area contributed by atoms with Crippen LogP contribution in [0, 0.1) is 5.92 Å². The summed E-state index contributed by atoms with van der Waals surface area (Å²) >= 11 is 1.39. The van der Waals surface area contributed by atoms with E-state index in [0.29, 0.717) is 16.6 Å².